The number of aliphatic carboxylic acids is 1. The molecule has 0 aliphatic rings. The Labute approximate surface area is 90.2 Å². The van der Waals surface area contributed by atoms with E-state index in [1.54, 1.807) is 6.92 Å². The predicted molar refractivity (Wildman–Crippen MR) is 58.4 cm³/mol. The Kier molecular flexibility index (Phi) is 9.52. The quantitative estimate of drug-likeness (QED) is 0.574. The van der Waals surface area contributed by atoms with Crippen LogP contribution in [-0.2, 0) is 14.3 Å². The number of esters is 1. The lowest BCUT2D eigenvalue weighted by atomic mass is 10.2. The molecule has 0 aromatic carbocycles. The zero-order valence-corrected chi connectivity index (χ0v) is 9.45. The average Bonchev–Trinajstić information content (AvgIpc) is 2.14. The monoisotopic (exact) mass is 214 g/mol. The second-order valence-corrected chi connectivity index (χ2v) is 3.32. The van der Waals surface area contributed by atoms with Crippen molar-refractivity contribution in [1.29, 1.82) is 0 Å². The number of carbonyl (C=O) groups is 2. The van der Waals surface area contributed by atoms with Crippen LogP contribution >= 0.6 is 0 Å². The Hall–Kier alpha value is -1.58. The van der Waals surface area contributed by atoms with Gasteiger partial charge in [-0.3, -0.25) is 0 Å². The lowest BCUT2D eigenvalue weighted by molar-refractivity contribution is -0.140. The highest BCUT2D eigenvalue weighted by molar-refractivity contribution is 5.86. The van der Waals surface area contributed by atoms with Crippen LogP contribution in [0.3, 0.4) is 0 Å². The molecule has 0 unspecified atom stereocenters. The van der Waals surface area contributed by atoms with Gasteiger partial charge >= 0.3 is 11.9 Å². The summed E-state index contributed by atoms with van der Waals surface area (Å²) in [5, 5.41) is 7.60. The summed E-state index contributed by atoms with van der Waals surface area (Å²) < 4.78 is 4.83. The minimum Gasteiger partial charge on any atom is -0.478 e. The van der Waals surface area contributed by atoms with Crippen LogP contribution in [0.5, 0.6) is 0 Å². The number of hydrogen-bond donors (Lipinski definition) is 1. The lowest BCUT2D eigenvalue weighted by Crippen LogP contribution is -2.09. The van der Waals surface area contributed by atoms with Crippen molar-refractivity contribution in [2.45, 2.75) is 20.8 Å². The van der Waals surface area contributed by atoms with Gasteiger partial charge in [0.15, 0.2) is 0 Å². The second kappa shape index (κ2) is 8.99. The van der Waals surface area contributed by atoms with E-state index in [0.717, 1.165) is 6.08 Å². The maximum Gasteiger partial charge on any atom is 0.333 e. The van der Waals surface area contributed by atoms with Crippen molar-refractivity contribution in [2.24, 2.45) is 5.92 Å². The molecule has 0 amide bonds. The summed E-state index contributed by atoms with van der Waals surface area (Å²) in [6.45, 7) is 12.5. The van der Waals surface area contributed by atoms with Gasteiger partial charge in [0, 0.05) is 11.6 Å². The number of carboxylic acids is 1. The Morgan fingerprint density at radius 1 is 1.47 bits per heavy atom. The molecule has 4 nitrogen and oxygen atoms in total. The van der Waals surface area contributed by atoms with Gasteiger partial charge in [0.25, 0.3) is 0 Å². The summed E-state index contributed by atoms with van der Waals surface area (Å²) in [6, 6.07) is 0. The Balaban J connectivity index is 0. The minimum absolute atomic E-state index is 0.297. The number of carbonyl (C=O) groups excluding carboxylic acids is 1. The van der Waals surface area contributed by atoms with Gasteiger partial charge in [0.05, 0.1) is 6.61 Å². The van der Waals surface area contributed by atoms with Crippen LogP contribution in [0.25, 0.3) is 0 Å². The number of rotatable bonds is 4. The van der Waals surface area contributed by atoms with Crippen molar-refractivity contribution in [3.8, 4) is 0 Å². The molecule has 0 heterocycles. The van der Waals surface area contributed by atoms with Crippen LogP contribution in [0.4, 0.5) is 0 Å². The van der Waals surface area contributed by atoms with Crippen LogP contribution in [-0.4, -0.2) is 23.7 Å². The largest absolute Gasteiger partial charge is 0.478 e. The summed E-state index contributed by atoms with van der Waals surface area (Å²) in [6.07, 6.45) is 0.833. The molecular formula is C11H18O4. The van der Waals surface area contributed by atoms with Gasteiger partial charge in [-0.2, -0.15) is 0 Å². The molecule has 0 aliphatic carbocycles. The summed E-state index contributed by atoms with van der Waals surface area (Å²) in [5.74, 6) is -0.887. The molecule has 0 atom stereocenters. The highest BCUT2D eigenvalue weighted by Gasteiger charge is 2.03. The third kappa shape index (κ3) is 15.2. The molecule has 0 fully saturated rings. The summed E-state index contributed by atoms with van der Waals surface area (Å²) in [5.41, 5.74) is 0.459. The molecule has 86 valence electrons. The van der Waals surface area contributed by atoms with E-state index in [9.17, 15) is 9.59 Å². The first kappa shape index (κ1) is 15.9. The zero-order valence-electron chi connectivity index (χ0n) is 9.45. The van der Waals surface area contributed by atoms with Gasteiger partial charge in [-0.1, -0.05) is 27.0 Å². The molecule has 15 heavy (non-hydrogen) atoms. The fraction of sp³-hybridized carbons (Fsp3) is 0.455. The molecule has 0 aromatic heterocycles. The lowest BCUT2D eigenvalue weighted by Gasteiger charge is -2.05. The zero-order chi connectivity index (χ0) is 12.4. The maximum absolute atomic E-state index is 10.7. The maximum atomic E-state index is 10.7. The number of hydrogen-bond acceptors (Lipinski definition) is 3. The minimum atomic E-state index is -0.981. The van der Waals surface area contributed by atoms with Crippen LogP contribution < -0.4 is 0 Å². The van der Waals surface area contributed by atoms with Crippen LogP contribution in [0.1, 0.15) is 20.8 Å². The van der Waals surface area contributed by atoms with Crippen molar-refractivity contribution in [3.63, 3.8) is 0 Å². The van der Waals surface area contributed by atoms with E-state index in [0.29, 0.717) is 18.1 Å². The fourth-order valence-electron chi connectivity index (χ4n) is 0.366. The van der Waals surface area contributed by atoms with Crippen LogP contribution in [0.15, 0.2) is 24.8 Å². The van der Waals surface area contributed by atoms with E-state index >= 15 is 0 Å². The molecule has 4 heteroatoms. The standard InChI is InChI=1S/C8H14O2.C3H4O2/c1-6(2)5-10-8(9)7(3)4;1-2-3(4)5/h6H,3,5H2,1-2,4H3;2H,1H2,(H,4,5). The molecule has 0 rings (SSSR count). The van der Waals surface area contributed by atoms with Gasteiger partial charge in [-0.15, -0.1) is 0 Å². The van der Waals surface area contributed by atoms with E-state index in [-0.39, 0.29) is 5.97 Å². The van der Waals surface area contributed by atoms with Gasteiger partial charge in [-0.05, 0) is 12.8 Å². The topological polar surface area (TPSA) is 63.6 Å². The molecular weight excluding hydrogens is 196 g/mol. The smallest absolute Gasteiger partial charge is 0.333 e. The van der Waals surface area contributed by atoms with E-state index < -0.39 is 5.97 Å². The highest BCUT2D eigenvalue weighted by Crippen LogP contribution is 1.97. The molecule has 0 spiro atoms. The van der Waals surface area contributed by atoms with E-state index in [4.69, 9.17) is 9.84 Å². The van der Waals surface area contributed by atoms with E-state index in [1.165, 1.54) is 0 Å². The van der Waals surface area contributed by atoms with Crippen molar-refractivity contribution in [3.05, 3.63) is 24.8 Å². The first-order chi connectivity index (χ1) is 6.81. The number of carboxylic acid groups (broad SMARTS) is 1. The highest BCUT2D eigenvalue weighted by atomic mass is 16.5. The van der Waals surface area contributed by atoms with E-state index in [1.807, 2.05) is 13.8 Å². The average molecular weight is 214 g/mol. The first-order valence-corrected chi connectivity index (χ1v) is 4.49. The Morgan fingerprint density at radius 2 is 1.87 bits per heavy atom. The first-order valence-electron chi connectivity index (χ1n) is 4.49. The summed E-state index contributed by atoms with van der Waals surface area (Å²) in [7, 11) is 0. The molecule has 0 saturated heterocycles. The van der Waals surface area contributed by atoms with Crippen molar-refractivity contribution >= 4 is 11.9 Å². The van der Waals surface area contributed by atoms with Crippen LogP contribution in [0.2, 0.25) is 0 Å². The molecule has 0 aliphatic heterocycles. The molecule has 1 N–H and O–H groups in total. The van der Waals surface area contributed by atoms with Gasteiger partial charge < -0.3 is 9.84 Å². The third-order valence-corrected chi connectivity index (χ3v) is 1.07. The predicted octanol–water partition coefficient (Wildman–Crippen LogP) is 2.02. The Bertz CT molecular complexity index is 241. The summed E-state index contributed by atoms with van der Waals surface area (Å²) in [4.78, 5) is 20.0. The fourth-order valence-corrected chi connectivity index (χ4v) is 0.366. The van der Waals surface area contributed by atoms with Gasteiger partial charge in [-0.25, -0.2) is 9.59 Å². The number of ether oxygens (including phenoxy) is 1. The molecule has 0 radical (unpaired) electrons. The SMILES string of the molecule is C=C(C)C(=O)OCC(C)C.C=CC(=O)O. The molecule has 0 bridgehead atoms. The van der Waals surface area contributed by atoms with E-state index in [2.05, 4.69) is 13.2 Å². The van der Waals surface area contributed by atoms with Gasteiger partial charge in [0.2, 0.25) is 0 Å². The molecule has 0 aromatic rings. The normalized spacial score (nSPS) is 8.53. The Morgan fingerprint density at radius 3 is 2.07 bits per heavy atom. The second-order valence-electron chi connectivity index (χ2n) is 3.32. The van der Waals surface area contributed by atoms with Crippen molar-refractivity contribution in [1.82, 2.24) is 0 Å². The van der Waals surface area contributed by atoms with Gasteiger partial charge in [0.1, 0.15) is 0 Å². The van der Waals surface area contributed by atoms with Crippen molar-refractivity contribution < 1.29 is 19.4 Å². The summed E-state index contributed by atoms with van der Waals surface area (Å²) >= 11 is 0. The van der Waals surface area contributed by atoms with Crippen LogP contribution in [0, 0.1) is 5.92 Å². The third-order valence-electron chi connectivity index (χ3n) is 1.07. The van der Waals surface area contributed by atoms with Crippen molar-refractivity contribution in [2.75, 3.05) is 6.61 Å². The molecule has 0 saturated carbocycles.